The van der Waals surface area contributed by atoms with E-state index in [9.17, 15) is 0 Å². The molecule has 0 amide bonds. The summed E-state index contributed by atoms with van der Waals surface area (Å²) in [6, 6.07) is -0.00250. The van der Waals surface area contributed by atoms with E-state index in [2.05, 4.69) is 47.7 Å². The lowest BCUT2D eigenvalue weighted by Crippen LogP contribution is -2.26. The Morgan fingerprint density at radius 1 is 1.38 bits per heavy atom. The van der Waals surface area contributed by atoms with Crippen molar-refractivity contribution in [1.29, 1.82) is 0 Å². The number of hydrogen-bond donors (Lipinski definition) is 1. The maximum absolute atomic E-state index is 6.39. The van der Waals surface area contributed by atoms with E-state index in [1.54, 1.807) is 6.20 Å². The standard InChI is InChI=1S/C14H22ClN5S/c1-5-7-16-12(13-10(15)8-17-20(13)6-2)14-11(9(3)4)18-19-21-14/h8-9,12,16H,5-7H2,1-4H3. The van der Waals surface area contributed by atoms with Gasteiger partial charge in [0.2, 0.25) is 0 Å². The highest BCUT2D eigenvalue weighted by molar-refractivity contribution is 7.05. The normalized spacial score (nSPS) is 13.0. The lowest BCUT2D eigenvalue weighted by Gasteiger charge is -2.20. The molecule has 1 atom stereocenters. The van der Waals surface area contributed by atoms with Crippen LogP contribution in [0.3, 0.4) is 0 Å². The number of halogens is 1. The van der Waals surface area contributed by atoms with Crippen molar-refractivity contribution in [2.45, 2.75) is 52.6 Å². The molecular formula is C14H22ClN5S. The van der Waals surface area contributed by atoms with E-state index in [-0.39, 0.29) is 6.04 Å². The maximum Gasteiger partial charge on any atom is 0.0892 e. The zero-order valence-corrected chi connectivity index (χ0v) is 14.5. The third-order valence-corrected chi connectivity index (χ3v) is 4.45. The zero-order valence-electron chi connectivity index (χ0n) is 12.9. The molecule has 2 aromatic heterocycles. The van der Waals surface area contributed by atoms with E-state index in [4.69, 9.17) is 11.6 Å². The van der Waals surface area contributed by atoms with E-state index >= 15 is 0 Å². The smallest absolute Gasteiger partial charge is 0.0892 e. The van der Waals surface area contributed by atoms with Crippen LogP contribution in [0.25, 0.3) is 0 Å². The topological polar surface area (TPSA) is 55.6 Å². The third kappa shape index (κ3) is 3.44. The molecule has 2 rings (SSSR count). The fraction of sp³-hybridized carbons (Fsp3) is 0.643. The highest BCUT2D eigenvalue weighted by atomic mass is 35.5. The van der Waals surface area contributed by atoms with Gasteiger partial charge in [-0.3, -0.25) is 4.68 Å². The van der Waals surface area contributed by atoms with Crippen molar-refractivity contribution in [3.8, 4) is 0 Å². The quantitative estimate of drug-likeness (QED) is 0.843. The Hall–Kier alpha value is -0.980. The number of hydrogen-bond acceptors (Lipinski definition) is 5. The van der Waals surface area contributed by atoms with E-state index in [1.807, 2.05) is 4.68 Å². The van der Waals surface area contributed by atoms with Crippen LogP contribution in [0.15, 0.2) is 6.20 Å². The van der Waals surface area contributed by atoms with Gasteiger partial charge in [-0.2, -0.15) is 5.10 Å². The predicted molar refractivity (Wildman–Crippen MR) is 87.0 cm³/mol. The molecule has 0 aliphatic rings. The van der Waals surface area contributed by atoms with Crippen LogP contribution in [0.4, 0.5) is 0 Å². The molecule has 2 heterocycles. The molecule has 2 aromatic rings. The molecule has 5 nitrogen and oxygen atoms in total. The van der Waals surface area contributed by atoms with Crippen molar-refractivity contribution in [2.24, 2.45) is 0 Å². The molecule has 0 fully saturated rings. The molecule has 0 spiro atoms. The molecule has 0 aliphatic carbocycles. The lowest BCUT2D eigenvalue weighted by atomic mass is 10.0. The van der Waals surface area contributed by atoms with Gasteiger partial charge in [0.05, 0.1) is 33.5 Å². The van der Waals surface area contributed by atoms with Gasteiger partial charge in [0, 0.05) is 6.54 Å². The molecule has 0 saturated carbocycles. The van der Waals surface area contributed by atoms with Gasteiger partial charge in [-0.1, -0.05) is 36.9 Å². The van der Waals surface area contributed by atoms with Crippen molar-refractivity contribution >= 4 is 23.1 Å². The maximum atomic E-state index is 6.39. The van der Waals surface area contributed by atoms with Crippen LogP contribution in [0, 0.1) is 0 Å². The monoisotopic (exact) mass is 327 g/mol. The molecule has 7 heteroatoms. The Labute approximate surface area is 134 Å². The molecule has 21 heavy (non-hydrogen) atoms. The highest BCUT2D eigenvalue weighted by Gasteiger charge is 2.27. The Balaban J connectivity index is 2.47. The number of nitrogens with zero attached hydrogens (tertiary/aromatic N) is 4. The van der Waals surface area contributed by atoms with Crippen molar-refractivity contribution < 1.29 is 0 Å². The Morgan fingerprint density at radius 3 is 2.76 bits per heavy atom. The van der Waals surface area contributed by atoms with E-state index in [0.717, 1.165) is 35.8 Å². The van der Waals surface area contributed by atoms with E-state index < -0.39 is 0 Å². The molecular weight excluding hydrogens is 306 g/mol. The van der Waals surface area contributed by atoms with Crippen molar-refractivity contribution in [1.82, 2.24) is 24.7 Å². The SMILES string of the molecule is CCCNC(c1snnc1C(C)C)c1c(Cl)cnn1CC. The van der Waals surface area contributed by atoms with Gasteiger partial charge in [-0.15, -0.1) is 5.10 Å². The summed E-state index contributed by atoms with van der Waals surface area (Å²) in [5.41, 5.74) is 2.04. The molecule has 0 aliphatic heterocycles. The molecule has 0 bridgehead atoms. The summed E-state index contributed by atoms with van der Waals surface area (Å²) in [4.78, 5) is 1.13. The van der Waals surface area contributed by atoms with Crippen molar-refractivity contribution in [3.05, 3.63) is 27.5 Å². The summed E-state index contributed by atoms with van der Waals surface area (Å²) in [6.07, 6.45) is 2.77. The number of rotatable bonds is 7. The van der Waals surface area contributed by atoms with Crippen LogP contribution in [0.2, 0.25) is 5.02 Å². The molecule has 116 valence electrons. The van der Waals surface area contributed by atoms with Gasteiger partial charge in [-0.25, -0.2) is 0 Å². The molecule has 0 saturated heterocycles. The van der Waals surface area contributed by atoms with Gasteiger partial charge in [0.1, 0.15) is 0 Å². The average molecular weight is 328 g/mol. The van der Waals surface area contributed by atoms with Crippen LogP contribution in [-0.2, 0) is 6.54 Å². The average Bonchev–Trinajstić information content (AvgIpc) is 3.07. The van der Waals surface area contributed by atoms with E-state index in [0.29, 0.717) is 10.9 Å². The number of nitrogens with one attached hydrogen (secondary N) is 1. The number of aromatic nitrogens is 4. The minimum absolute atomic E-state index is 0.00250. The van der Waals surface area contributed by atoms with E-state index in [1.165, 1.54) is 11.5 Å². The van der Waals surface area contributed by atoms with Crippen LogP contribution in [0.1, 0.15) is 62.3 Å². The zero-order chi connectivity index (χ0) is 15.4. The minimum atomic E-state index is -0.00250. The van der Waals surface area contributed by atoms with Gasteiger partial charge < -0.3 is 5.32 Å². The summed E-state index contributed by atoms with van der Waals surface area (Å²) < 4.78 is 6.09. The molecule has 0 aromatic carbocycles. The Morgan fingerprint density at radius 2 is 2.14 bits per heavy atom. The summed E-state index contributed by atoms with van der Waals surface area (Å²) >= 11 is 7.83. The highest BCUT2D eigenvalue weighted by Crippen LogP contribution is 2.34. The van der Waals surface area contributed by atoms with Crippen LogP contribution in [0.5, 0.6) is 0 Å². The van der Waals surface area contributed by atoms with Gasteiger partial charge in [-0.05, 0) is 37.3 Å². The summed E-state index contributed by atoms with van der Waals surface area (Å²) in [5, 5.41) is 12.9. The van der Waals surface area contributed by atoms with Crippen LogP contribution in [-0.4, -0.2) is 25.9 Å². The number of aryl methyl sites for hydroxylation is 1. The molecule has 1 N–H and O–H groups in total. The Bertz CT molecular complexity index is 578. The predicted octanol–water partition coefficient (Wildman–Crippen LogP) is 3.62. The summed E-state index contributed by atoms with van der Waals surface area (Å²) in [5.74, 6) is 0.335. The molecule has 1 unspecified atom stereocenters. The second-order valence-electron chi connectivity index (χ2n) is 5.26. The van der Waals surface area contributed by atoms with Crippen LogP contribution < -0.4 is 5.32 Å². The first-order valence-electron chi connectivity index (χ1n) is 7.36. The van der Waals surface area contributed by atoms with Crippen molar-refractivity contribution in [2.75, 3.05) is 6.54 Å². The second-order valence-corrected chi connectivity index (χ2v) is 6.45. The van der Waals surface area contributed by atoms with Crippen LogP contribution >= 0.6 is 23.1 Å². The van der Waals surface area contributed by atoms with Gasteiger partial charge >= 0.3 is 0 Å². The fourth-order valence-electron chi connectivity index (χ4n) is 2.32. The first-order valence-corrected chi connectivity index (χ1v) is 8.51. The largest absolute Gasteiger partial charge is 0.304 e. The lowest BCUT2D eigenvalue weighted by molar-refractivity contribution is 0.530. The fourth-order valence-corrected chi connectivity index (χ4v) is 3.46. The second kappa shape index (κ2) is 7.33. The minimum Gasteiger partial charge on any atom is -0.304 e. The first kappa shape index (κ1) is 16.4. The summed E-state index contributed by atoms with van der Waals surface area (Å²) in [6.45, 7) is 10.2. The Kier molecular flexibility index (Phi) is 5.72. The van der Waals surface area contributed by atoms with Crippen molar-refractivity contribution in [3.63, 3.8) is 0 Å². The van der Waals surface area contributed by atoms with Gasteiger partial charge in [0.25, 0.3) is 0 Å². The molecule has 0 radical (unpaired) electrons. The third-order valence-electron chi connectivity index (χ3n) is 3.35. The summed E-state index contributed by atoms with van der Waals surface area (Å²) in [7, 11) is 0. The van der Waals surface area contributed by atoms with Gasteiger partial charge in [0.15, 0.2) is 0 Å². The first-order chi connectivity index (χ1) is 10.1.